The van der Waals surface area contributed by atoms with Crippen molar-refractivity contribution >= 4 is 35.2 Å². The number of aromatic nitrogens is 1. The molecule has 4 amide bonds. The second kappa shape index (κ2) is 13.9. The summed E-state index contributed by atoms with van der Waals surface area (Å²) >= 11 is 0. The number of alkyl halides is 3. The number of pyridine rings is 1. The van der Waals surface area contributed by atoms with E-state index in [0.717, 1.165) is 35.9 Å². The van der Waals surface area contributed by atoms with Gasteiger partial charge in [0, 0.05) is 56.5 Å². The number of primary amides is 1. The highest BCUT2D eigenvalue weighted by Crippen LogP contribution is 2.39. The predicted molar refractivity (Wildman–Crippen MR) is 173 cm³/mol. The summed E-state index contributed by atoms with van der Waals surface area (Å²) in [6, 6.07) is 7.80. The summed E-state index contributed by atoms with van der Waals surface area (Å²) in [5.41, 5.74) is 3.87. The zero-order valence-electron chi connectivity index (χ0n) is 27.5. The predicted octanol–water partition coefficient (Wildman–Crippen LogP) is 7.21. The minimum atomic E-state index is -4.77. The number of amides is 4. The molecule has 0 radical (unpaired) electrons. The van der Waals surface area contributed by atoms with Crippen molar-refractivity contribution in [3.8, 4) is 11.5 Å². The van der Waals surface area contributed by atoms with Gasteiger partial charge in [0.1, 0.15) is 17.2 Å². The van der Waals surface area contributed by atoms with Crippen molar-refractivity contribution in [1.82, 2.24) is 14.8 Å². The first kappa shape index (κ1) is 35.4. The van der Waals surface area contributed by atoms with E-state index in [1.54, 1.807) is 32.6 Å². The van der Waals surface area contributed by atoms with Crippen LogP contribution in [0.15, 0.2) is 54.7 Å². The zero-order chi connectivity index (χ0) is 35.7. The number of anilines is 3. The Morgan fingerprint density at radius 1 is 0.980 bits per heavy atom. The summed E-state index contributed by atoms with van der Waals surface area (Å²) in [4.78, 5) is 45.6. The SMILES string of the molecule is CC(c1cc(N(C(N)=O)c2ccc(Oc3ccnc(NC(=O)C4CC4)c3)c(F)c2)cc(C(F)(F)F)c1)N1CCN(C(=O)OC(C)(C)C)CC1. The van der Waals surface area contributed by atoms with Gasteiger partial charge in [-0.2, -0.15) is 13.2 Å². The summed E-state index contributed by atoms with van der Waals surface area (Å²) in [6.45, 7) is 8.36. The highest BCUT2D eigenvalue weighted by atomic mass is 19.4. The summed E-state index contributed by atoms with van der Waals surface area (Å²) in [5.74, 6) is -0.995. The number of nitrogens with two attached hydrogens (primary N) is 1. The summed E-state index contributed by atoms with van der Waals surface area (Å²) in [5, 5.41) is 2.68. The molecule has 2 aromatic carbocycles. The normalized spacial score (nSPS) is 16.1. The lowest BCUT2D eigenvalue weighted by molar-refractivity contribution is -0.137. The molecule has 1 aliphatic carbocycles. The number of ether oxygens (including phenoxy) is 2. The number of hydrogen-bond donors (Lipinski definition) is 2. The molecule has 0 bridgehead atoms. The largest absolute Gasteiger partial charge is 0.454 e. The van der Waals surface area contributed by atoms with Crippen molar-refractivity contribution in [2.75, 3.05) is 36.4 Å². The van der Waals surface area contributed by atoms with Gasteiger partial charge in [0.2, 0.25) is 5.91 Å². The topological polar surface area (TPSA) is 130 Å². The fourth-order valence-electron chi connectivity index (χ4n) is 5.36. The quantitative estimate of drug-likeness (QED) is 0.240. The summed E-state index contributed by atoms with van der Waals surface area (Å²) in [6.07, 6.45) is -2.25. The lowest BCUT2D eigenvalue weighted by Crippen LogP contribution is -2.50. The maximum absolute atomic E-state index is 15.4. The Labute approximate surface area is 281 Å². The van der Waals surface area contributed by atoms with Crippen LogP contribution in [0.4, 0.5) is 44.3 Å². The van der Waals surface area contributed by atoms with Gasteiger partial charge in [-0.05, 0) is 82.5 Å². The van der Waals surface area contributed by atoms with E-state index in [1.165, 1.54) is 36.5 Å². The standard InChI is InChI=1S/C34H38F4N6O5/c1-20(42-11-13-43(14-12-42)32(47)49-33(2,3)4)22-15-23(34(36,37)38)17-25(16-22)44(31(39)46)24-7-8-28(27(35)18-24)48-26-9-10-40-29(19-26)41-30(45)21-5-6-21/h7-10,15-21H,5-6,11-14H2,1-4H3,(H2,39,46)(H,40,41,45). The number of nitrogens with one attached hydrogen (secondary N) is 1. The van der Waals surface area contributed by atoms with Gasteiger partial charge in [0.05, 0.1) is 16.9 Å². The Bertz CT molecular complexity index is 1720. The zero-order valence-corrected chi connectivity index (χ0v) is 27.5. The molecule has 1 saturated carbocycles. The number of piperazine rings is 1. The molecule has 3 aromatic rings. The Hall–Kier alpha value is -4.92. The molecule has 15 heteroatoms. The van der Waals surface area contributed by atoms with Crippen LogP contribution < -0.4 is 20.7 Å². The fraction of sp³-hybridized carbons (Fsp3) is 0.412. The molecule has 1 aromatic heterocycles. The van der Waals surface area contributed by atoms with Gasteiger partial charge in [-0.25, -0.2) is 19.0 Å². The molecule has 1 atom stereocenters. The molecule has 49 heavy (non-hydrogen) atoms. The van der Waals surface area contributed by atoms with Crippen molar-refractivity contribution in [3.05, 3.63) is 71.7 Å². The van der Waals surface area contributed by atoms with E-state index in [9.17, 15) is 27.6 Å². The highest BCUT2D eigenvalue weighted by molar-refractivity contribution is 5.98. The molecule has 2 heterocycles. The van der Waals surface area contributed by atoms with Crippen LogP contribution >= 0.6 is 0 Å². The number of nitrogens with zero attached hydrogens (tertiary/aromatic N) is 4. The Kier molecular flexibility index (Phi) is 10.0. The maximum atomic E-state index is 15.4. The minimum Gasteiger partial charge on any atom is -0.454 e. The maximum Gasteiger partial charge on any atom is 0.416 e. The van der Waals surface area contributed by atoms with Crippen molar-refractivity contribution in [2.24, 2.45) is 11.7 Å². The van der Waals surface area contributed by atoms with Crippen LogP contribution in [0.5, 0.6) is 11.5 Å². The molecule has 2 fully saturated rings. The second-order valence-electron chi connectivity index (χ2n) is 13.0. The number of hydrogen-bond acceptors (Lipinski definition) is 7. The van der Waals surface area contributed by atoms with Gasteiger partial charge in [0.15, 0.2) is 11.6 Å². The van der Waals surface area contributed by atoms with Gasteiger partial charge in [-0.3, -0.25) is 14.6 Å². The molecule has 0 spiro atoms. The Morgan fingerprint density at radius 2 is 1.67 bits per heavy atom. The minimum absolute atomic E-state index is 0.0535. The van der Waals surface area contributed by atoms with Crippen LogP contribution in [0.3, 0.4) is 0 Å². The number of rotatable bonds is 8. The molecular weight excluding hydrogens is 648 g/mol. The van der Waals surface area contributed by atoms with Crippen LogP contribution in [0.25, 0.3) is 0 Å². The number of carbonyl (C=O) groups excluding carboxylic acids is 3. The Morgan fingerprint density at radius 3 is 2.27 bits per heavy atom. The monoisotopic (exact) mass is 686 g/mol. The van der Waals surface area contributed by atoms with E-state index in [4.69, 9.17) is 15.2 Å². The van der Waals surface area contributed by atoms with E-state index in [1.807, 2.05) is 4.90 Å². The molecule has 2 aliphatic rings. The summed E-state index contributed by atoms with van der Waals surface area (Å²) in [7, 11) is 0. The molecule has 1 unspecified atom stereocenters. The first-order valence-electron chi connectivity index (χ1n) is 15.8. The third kappa shape index (κ3) is 8.96. The third-order valence-electron chi connectivity index (χ3n) is 8.07. The van der Waals surface area contributed by atoms with Crippen LogP contribution in [-0.2, 0) is 15.7 Å². The molecule has 5 rings (SSSR count). The molecule has 3 N–H and O–H groups in total. The molecule has 1 aliphatic heterocycles. The van der Waals surface area contributed by atoms with Crippen LogP contribution in [0.1, 0.15) is 57.7 Å². The van der Waals surface area contributed by atoms with Crippen molar-refractivity contribution in [1.29, 1.82) is 0 Å². The van der Waals surface area contributed by atoms with E-state index < -0.39 is 41.3 Å². The lowest BCUT2D eigenvalue weighted by atomic mass is 10.0. The molecule has 1 saturated heterocycles. The second-order valence-corrected chi connectivity index (χ2v) is 13.0. The Balaban J connectivity index is 1.37. The fourth-order valence-corrected chi connectivity index (χ4v) is 5.36. The van der Waals surface area contributed by atoms with Gasteiger partial charge in [-0.1, -0.05) is 0 Å². The number of benzene rings is 2. The van der Waals surface area contributed by atoms with Gasteiger partial charge < -0.3 is 25.4 Å². The number of carbonyl (C=O) groups is 3. The highest BCUT2D eigenvalue weighted by Gasteiger charge is 2.35. The number of halogens is 4. The summed E-state index contributed by atoms with van der Waals surface area (Å²) < 4.78 is 68.9. The van der Waals surface area contributed by atoms with Crippen molar-refractivity contribution in [3.63, 3.8) is 0 Å². The lowest BCUT2D eigenvalue weighted by Gasteiger charge is -2.39. The van der Waals surface area contributed by atoms with E-state index in [0.29, 0.717) is 26.2 Å². The van der Waals surface area contributed by atoms with E-state index >= 15 is 4.39 Å². The first-order valence-corrected chi connectivity index (χ1v) is 15.8. The van der Waals surface area contributed by atoms with Gasteiger partial charge >= 0.3 is 18.3 Å². The van der Waals surface area contributed by atoms with Crippen LogP contribution in [0, 0.1) is 11.7 Å². The smallest absolute Gasteiger partial charge is 0.416 e. The average molecular weight is 687 g/mol. The van der Waals surface area contributed by atoms with Gasteiger partial charge in [-0.15, -0.1) is 0 Å². The molecule has 262 valence electrons. The third-order valence-corrected chi connectivity index (χ3v) is 8.07. The van der Waals surface area contributed by atoms with Crippen molar-refractivity contribution < 1.29 is 41.4 Å². The van der Waals surface area contributed by atoms with E-state index in [-0.39, 0.29) is 46.1 Å². The molecular formula is C34H38F4N6O5. The van der Waals surface area contributed by atoms with E-state index in [2.05, 4.69) is 10.3 Å². The average Bonchev–Trinajstić information content (AvgIpc) is 3.87. The first-order chi connectivity index (χ1) is 23.0. The van der Waals surface area contributed by atoms with Crippen LogP contribution in [0.2, 0.25) is 0 Å². The van der Waals surface area contributed by atoms with Crippen molar-refractivity contribution in [2.45, 2.75) is 58.4 Å². The van der Waals surface area contributed by atoms with Gasteiger partial charge in [0.25, 0.3) is 0 Å². The number of urea groups is 1. The van der Waals surface area contributed by atoms with Crippen LogP contribution in [-0.4, -0.2) is 64.6 Å². The molecule has 11 nitrogen and oxygen atoms in total.